The van der Waals surface area contributed by atoms with Gasteiger partial charge in [0.15, 0.2) is 0 Å². The van der Waals surface area contributed by atoms with Crippen molar-refractivity contribution in [3.05, 3.63) is 0 Å². The van der Waals surface area contributed by atoms with E-state index >= 15 is 0 Å². The van der Waals surface area contributed by atoms with Gasteiger partial charge in [0.2, 0.25) is 0 Å². The van der Waals surface area contributed by atoms with E-state index in [1.54, 1.807) is 11.9 Å². The Morgan fingerprint density at radius 2 is 2.42 bits per heavy atom. The number of likely N-dealkylation sites (N-methyl/N-ethyl adjacent to an activating group) is 1. The third kappa shape index (κ3) is 1.71. The second-order valence-electron chi connectivity index (χ2n) is 2.70. The van der Waals surface area contributed by atoms with Gasteiger partial charge in [-0.15, -0.1) is 0 Å². The van der Waals surface area contributed by atoms with E-state index < -0.39 is 12.0 Å². The molecule has 0 aromatic carbocycles. The minimum Gasteiger partial charge on any atom is -0.480 e. The summed E-state index contributed by atoms with van der Waals surface area (Å²) in [5.74, 6) is 0.436. The van der Waals surface area contributed by atoms with Crippen LogP contribution in [0.3, 0.4) is 0 Å². The number of carbonyl (C=O) groups is 1. The lowest BCUT2D eigenvalue weighted by atomic mass is 10.2. The molecule has 1 aliphatic heterocycles. The molecule has 66 valence electrons. The maximum atomic E-state index is 10.7. The summed E-state index contributed by atoms with van der Waals surface area (Å²) in [5.41, 5.74) is 0. The highest BCUT2D eigenvalue weighted by Gasteiger charge is 2.32. The van der Waals surface area contributed by atoms with Crippen LogP contribution < -0.4 is 0 Å². The van der Waals surface area contributed by atoms with Crippen LogP contribution in [0, 0.1) is 11.3 Å². The van der Waals surface area contributed by atoms with E-state index in [0.29, 0.717) is 11.5 Å². The molecule has 1 heterocycles. The molecule has 2 atom stereocenters. The van der Waals surface area contributed by atoms with E-state index in [9.17, 15) is 4.79 Å². The first-order chi connectivity index (χ1) is 5.66. The van der Waals surface area contributed by atoms with E-state index in [0.717, 1.165) is 0 Å². The molecule has 1 saturated heterocycles. The molecule has 0 amide bonds. The maximum absolute atomic E-state index is 10.7. The fourth-order valence-electron chi connectivity index (χ4n) is 1.12. The summed E-state index contributed by atoms with van der Waals surface area (Å²) in [5, 5.41) is 17.4. The normalized spacial score (nSPS) is 31.0. The number of thioether (sulfide) groups is 1. The molecule has 0 spiro atoms. The molecular formula is C7H10N2O2S. The van der Waals surface area contributed by atoms with Gasteiger partial charge in [-0.1, -0.05) is 0 Å². The molecule has 4 nitrogen and oxygen atoms in total. The molecule has 1 N–H and O–H groups in total. The van der Waals surface area contributed by atoms with Gasteiger partial charge in [0.1, 0.15) is 12.1 Å². The van der Waals surface area contributed by atoms with Crippen molar-refractivity contribution in [3.63, 3.8) is 0 Å². The summed E-state index contributed by atoms with van der Waals surface area (Å²) in [6.07, 6.45) is 0. The minimum absolute atomic E-state index is 0.259. The molecule has 5 heteroatoms. The quantitative estimate of drug-likeness (QED) is 0.625. The van der Waals surface area contributed by atoms with Gasteiger partial charge >= 0.3 is 5.97 Å². The Labute approximate surface area is 75.2 Å². The number of nitriles is 1. The molecular weight excluding hydrogens is 176 g/mol. The molecule has 1 aliphatic rings. The van der Waals surface area contributed by atoms with Crippen LogP contribution in [0.15, 0.2) is 0 Å². The van der Waals surface area contributed by atoms with Crippen molar-refractivity contribution in [3.8, 4) is 6.07 Å². The van der Waals surface area contributed by atoms with Crippen LogP contribution in [0.5, 0.6) is 0 Å². The van der Waals surface area contributed by atoms with Gasteiger partial charge in [-0.3, -0.25) is 9.69 Å². The number of rotatable bonds is 1. The molecule has 1 fully saturated rings. The van der Waals surface area contributed by atoms with Gasteiger partial charge in [0.05, 0.1) is 6.07 Å². The molecule has 0 radical (unpaired) electrons. The Balaban J connectivity index is 2.67. The summed E-state index contributed by atoms with van der Waals surface area (Å²) in [4.78, 5) is 12.3. The van der Waals surface area contributed by atoms with Crippen molar-refractivity contribution < 1.29 is 9.90 Å². The zero-order chi connectivity index (χ0) is 9.14. The van der Waals surface area contributed by atoms with E-state index in [4.69, 9.17) is 10.4 Å². The molecule has 0 aromatic rings. The second-order valence-corrected chi connectivity index (χ2v) is 3.78. The highest BCUT2D eigenvalue weighted by Crippen LogP contribution is 2.19. The predicted molar refractivity (Wildman–Crippen MR) is 45.9 cm³/mol. The first-order valence-electron chi connectivity index (χ1n) is 3.59. The van der Waals surface area contributed by atoms with Crippen molar-refractivity contribution in [2.45, 2.75) is 12.1 Å². The highest BCUT2D eigenvalue weighted by atomic mass is 32.2. The Morgan fingerprint density at radius 3 is 2.92 bits per heavy atom. The monoisotopic (exact) mass is 186 g/mol. The largest absolute Gasteiger partial charge is 0.480 e. The van der Waals surface area contributed by atoms with E-state index in [2.05, 4.69) is 6.07 Å². The fraction of sp³-hybridized carbons (Fsp3) is 0.714. The Hall–Kier alpha value is -0.730. The smallest absolute Gasteiger partial charge is 0.321 e. The summed E-state index contributed by atoms with van der Waals surface area (Å²) < 4.78 is 0. The zero-order valence-electron chi connectivity index (χ0n) is 6.73. The third-order valence-electron chi connectivity index (χ3n) is 1.97. The van der Waals surface area contributed by atoms with Crippen LogP contribution in [0.4, 0.5) is 0 Å². The van der Waals surface area contributed by atoms with Crippen LogP contribution >= 0.6 is 11.8 Å². The number of hydrogen-bond acceptors (Lipinski definition) is 4. The lowest BCUT2D eigenvalue weighted by Crippen LogP contribution is -2.50. The van der Waals surface area contributed by atoms with Gasteiger partial charge in [-0.25, -0.2) is 0 Å². The van der Waals surface area contributed by atoms with E-state index in [1.165, 1.54) is 11.8 Å². The van der Waals surface area contributed by atoms with Crippen molar-refractivity contribution in [2.24, 2.45) is 0 Å². The number of nitrogens with zero attached hydrogens (tertiary/aromatic N) is 2. The third-order valence-corrected chi connectivity index (χ3v) is 3.07. The molecule has 2 unspecified atom stereocenters. The van der Waals surface area contributed by atoms with Crippen LogP contribution in [0.2, 0.25) is 0 Å². The standard InChI is InChI=1S/C7H10N2O2S/c1-9-5(2-8)3-12-4-6(9)7(10)11/h5-6H,3-4H2,1H3,(H,10,11). The first-order valence-corrected chi connectivity index (χ1v) is 4.74. The lowest BCUT2D eigenvalue weighted by molar-refractivity contribution is -0.142. The number of hydrogen-bond donors (Lipinski definition) is 1. The maximum Gasteiger partial charge on any atom is 0.321 e. The Kier molecular flexibility index (Phi) is 2.95. The van der Waals surface area contributed by atoms with Gasteiger partial charge in [-0.2, -0.15) is 17.0 Å². The minimum atomic E-state index is -0.843. The van der Waals surface area contributed by atoms with E-state index in [-0.39, 0.29) is 6.04 Å². The van der Waals surface area contributed by atoms with Gasteiger partial charge < -0.3 is 5.11 Å². The molecule has 0 bridgehead atoms. The first kappa shape index (κ1) is 9.36. The average molecular weight is 186 g/mol. The van der Waals surface area contributed by atoms with E-state index in [1.807, 2.05) is 0 Å². The molecule has 0 aromatic heterocycles. The summed E-state index contributed by atoms with van der Waals surface area (Å²) >= 11 is 1.52. The fourth-order valence-corrected chi connectivity index (χ4v) is 2.39. The highest BCUT2D eigenvalue weighted by molar-refractivity contribution is 7.99. The summed E-state index contributed by atoms with van der Waals surface area (Å²) in [6.45, 7) is 0. The zero-order valence-corrected chi connectivity index (χ0v) is 7.54. The van der Waals surface area contributed by atoms with Gasteiger partial charge in [0, 0.05) is 11.5 Å². The average Bonchev–Trinajstić information content (AvgIpc) is 2.04. The Morgan fingerprint density at radius 1 is 1.75 bits per heavy atom. The Bertz CT molecular complexity index is 226. The molecule has 0 aliphatic carbocycles. The van der Waals surface area contributed by atoms with Crippen LogP contribution in [0.1, 0.15) is 0 Å². The molecule has 1 rings (SSSR count). The van der Waals surface area contributed by atoms with Crippen molar-refractivity contribution in [1.29, 1.82) is 5.26 Å². The number of aliphatic carboxylic acids is 1. The number of carboxylic acids is 1. The predicted octanol–water partition coefficient (Wildman–Crippen LogP) is 0.0104. The summed E-state index contributed by atoms with van der Waals surface area (Å²) in [7, 11) is 1.69. The van der Waals surface area contributed by atoms with Crippen LogP contribution in [-0.2, 0) is 4.79 Å². The van der Waals surface area contributed by atoms with Crippen LogP contribution in [0.25, 0.3) is 0 Å². The van der Waals surface area contributed by atoms with Crippen molar-refractivity contribution in [2.75, 3.05) is 18.6 Å². The van der Waals surface area contributed by atoms with Crippen molar-refractivity contribution in [1.82, 2.24) is 4.90 Å². The molecule has 0 saturated carbocycles. The van der Waals surface area contributed by atoms with Gasteiger partial charge in [-0.05, 0) is 7.05 Å². The second kappa shape index (κ2) is 3.78. The number of carboxylic acid groups (broad SMARTS) is 1. The summed E-state index contributed by atoms with van der Waals surface area (Å²) in [6, 6.07) is 1.31. The van der Waals surface area contributed by atoms with Crippen molar-refractivity contribution >= 4 is 17.7 Å². The van der Waals surface area contributed by atoms with Gasteiger partial charge in [0.25, 0.3) is 0 Å². The SMILES string of the molecule is CN1C(C#N)CSCC1C(=O)O. The lowest BCUT2D eigenvalue weighted by Gasteiger charge is -2.32. The topological polar surface area (TPSA) is 64.3 Å². The molecule has 12 heavy (non-hydrogen) atoms. The van der Waals surface area contributed by atoms with Crippen LogP contribution in [-0.4, -0.2) is 46.6 Å².